The number of hydrogen-bond acceptors (Lipinski definition) is 1. The fraction of sp³-hybridized carbons (Fsp3) is 0.133. The molecule has 0 radical (unpaired) electrons. The van der Waals surface area contributed by atoms with E-state index in [1.807, 2.05) is 19.1 Å². The Balaban J connectivity index is 2.52. The van der Waals surface area contributed by atoms with Crippen LogP contribution in [0.25, 0.3) is 21.8 Å². The topological polar surface area (TPSA) is 22.0 Å². The minimum Gasteiger partial charge on any atom is -0.341 e. The van der Waals surface area contributed by atoms with Crippen LogP contribution in [0.15, 0.2) is 36.4 Å². The standard InChI is InChI=1S/C15H12FNO/c1-2-17-14-6-3-10(9-18)7-13(14)12-5-4-11(16)8-15(12)17/h3-9H,2H2,1H3. The number of benzene rings is 2. The summed E-state index contributed by atoms with van der Waals surface area (Å²) in [5.74, 6) is -0.240. The van der Waals surface area contributed by atoms with Crippen LogP contribution < -0.4 is 0 Å². The van der Waals surface area contributed by atoms with Crippen molar-refractivity contribution in [2.75, 3.05) is 0 Å². The lowest BCUT2D eigenvalue weighted by molar-refractivity contribution is 0.112. The highest BCUT2D eigenvalue weighted by atomic mass is 19.1. The van der Waals surface area contributed by atoms with Crippen LogP contribution in [-0.2, 0) is 6.54 Å². The summed E-state index contributed by atoms with van der Waals surface area (Å²) < 4.78 is 15.4. The molecule has 0 aliphatic carbocycles. The van der Waals surface area contributed by atoms with Gasteiger partial charge in [-0.3, -0.25) is 4.79 Å². The largest absolute Gasteiger partial charge is 0.341 e. The quantitative estimate of drug-likeness (QED) is 0.626. The number of fused-ring (bicyclic) bond motifs is 3. The van der Waals surface area contributed by atoms with Crippen molar-refractivity contribution >= 4 is 28.1 Å². The first-order valence-electron chi connectivity index (χ1n) is 5.91. The van der Waals surface area contributed by atoms with Crippen LogP contribution in [0.2, 0.25) is 0 Å². The first kappa shape index (κ1) is 11.0. The maximum Gasteiger partial charge on any atom is 0.150 e. The second-order valence-corrected chi connectivity index (χ2v) is 4.30. The molecule has 0 spiro atoms. The van der Waals surface area contributed by atoms with E-state index in [-0.39, 0.29) is 5.82 Å². The van der Waals surface area contributed by atoms with Gasteiger partial charge in [-0.2, -0.15) is 0 Å². The Hall–Kier alpha value is -2.16. The molecule has 0 N–H and O–H groups in total. The zero-order valence-electron chi connectivity index (χ0n) is 9.98. The van der Waals surface area contributed by atoms with Crippen molar-refractivity contribution in [2.45, 2.75) is 13.5 Å². The smallest absolute Gasteiger partial charge is 0.150 e. The van der Waals surface area contributed by atoms with Gasteiger partial charge in [-0.05, 0) is 43.3 Å². The summed E-state index contributed by atoms with van der Waals surface area (Å²) in [6, 6.07) is 10.3. The van der Waals surface area contributed by atoms with Gasteiger partial charge < -0.3 is 4.57 Å². The van der Waals surface area contributed by atoms with Gasteiger partial charge in [0.25, 0.3) is 0 Å². The van der Waals surface area contributed by atoms with E-state index in [9.17, 15) is 9.18 Å². The molecule has 3 heteroatoms. The molecule has 1 aromatic heterocycles. The molecule has 3 aromatic rings. The highest BCUT2D eigenvalue weighted by molar-refractivity contribution is 6.09. The Morgan fingerprint density at radius 3 is 2.67 bits per heavy atom. The molecule has 0 aliphatic heterocycles. The number of aldehydes is 1. The van der Waals surface area contributed by atoms with Crippen molar-refractivity contribution in [3.63, 3.8) is 0 Å². The zero-order valence-corrected chi connectivity index (χ0v) is 9.98. The van der Waals surface area contributed by atoms with Gasteiger partial charge in [0.1, 0.15) is 12.1 Å². The van der Waals surface area contributed by atoms with E-state index >= 15 is 0 Å². The molecule has 2 aromatic carbocycles. The molecule has 0 amide bonds. The van der Waals surface area contributed by atoms with E-state index in [0.29, 0.717) is 5.56 Å². The monoisotopic (exact) mass is 241 g/mol. The van der Waals surface area contributed by atoms with Gasteiger partial charge in [0, 0.05) is 28.4 Å². The molecule has 0 saturated carbocycles. The average molecular weight is 241 g/mol. The van der Waals surface area contributed by atoms with Crippen LogP contribution >= 0.6 is 0 Å². The Morgan fingerprint density at radius 1 is 1.11 bits per heavy atom. The van der Waals surface area contributed by atoms with Crippen LogP contribution in [0.1, 0.15) is 17.3 Å². The summed E-state index contributed by atoms with van der Waals surface area (Å²) >= 11 is 0. The zero-order chi connectivity index (χ0) is 12.7. The molecule has 90 valence electrons. The van der Waals surface area contributed by atoms with Crippen molar-refractivity contribution in [3.05, 3.63) is 47.8 Å². The number of hydrogen-bond donors (Lipinski definition) is 0. The SMILES string of the molecule is CCn1c2ccc(C=O)cc2c2ccc(F)cc21. The molecule has 0 aliphatic rings. The van der Waals surface area contributed by atoms with Gasteiger partial charge in [0.05, 0.1) is 5.52 Å². The van der Waals surface area contributed by atoms with Crippen LogP contribution in [-0.4, -0.2) is 10.9 Å². The lowest BCUT2D eigenvalue weighted by Gasteiger charge is -2.02. The maximum atomic E-state index is 13.4. The summed E-state index contributed by atoms with van der Waals surface area (Å²) in [5, 5.41) is 1.98. The molecule has 3 rings (SSSR count). The number of halogens is 1. The summed E-state index contributed by atoms with van der Waals surface area (Å²) in [6.07, 6.45) is 0.831. The van der Waals surface area contributed by atoms with E-state index in [2.05, 4.69) is 4.57 Å². The first-order chi connectivity index (χ1) is 8.74. The number of carbonyl (C=O) groups excluding carboxylic acids is 1. The summed E-state index contributed by atoms with van der Waals surface area (Å²) in [6.45, 7) is 2.79. The van der Waals surface area contributed by atoms with Gasteiger partial charge in [-0.15, -0.1) is 0 Å². The number of carbonyl (C=O) groups is 1. The molecule has 18 heavy (non-hydrogen) atoms. The molecule has 0 atom stereocenters. The second-order valence-electron chi connectivity index (χ2n) is 4.30. The van der Waals surface area contributed by atoms with E-state index in [1.54, 1.807) is 18.2 Å². The third-order valence-corrected chi connectivity index (χ3v) is 3.30. The van der Waals surface area contributed by atoms with Crippen molar-refractivity contribution in [1.29, 1.82) is 0 Å². The predicted molar refractivity (Wildman–Crippen MR) is 70.5 cm³/mol. The molecule has 1 heterocycles. The van der Waals surface area contributed by atoms with E-state index in [0.717, 1.165) is 34.6 Å². The van der Waals surface area contributed by atoms with Crippen LogP contribution in [0.3, 0.4) is 0 Å². The third kappa shape index (κ3) is 1.44. The van der Waals surface area contributed by atoms with Gasteiger partial charge in [0.2, 0.25) is 0 Å². The summed E-state index contributed by atoms with van der Waals surface area (Å²) in [4.78, 5) is 10.8. The normalized spacial score (nSPS) is 11.2. The Kier molecular flexibility index (Phi) is 2.40. The van der Waals surface area contributed by atoms with Crippen molar-refractivity contribution < 1.29 is 9.18 Å². The van der Waals surface area contributed by atoms with E-state index in [1.165, 1.54) is 6.07 Å². The van der Waals surface area contributed by atoms with Crippen LogP contribution in [0.5, 0.6) is 0 Å². The lowest BCUT2D eigenvalue weighted by Crippen LogP contribution is -1.93. The molecule has 0 fully saturated rings. The lowest BCUT2D eigenvalue weighted by atomic mass is 10.1. The fourth-order valence-electron chi connectivity index (χ4n) is 2.50. The van der Waals surface area contributed by atoms with Gasteiger partial charge in [-0.1, -0.05) is 0 Å². The molecule has 0 saturated heterocycles. The van der Waals surface area contributed by atoms with Crippen molar-refractivity contribution in [2.24, 2.45) is 0 Å². The second kappa shape index (κ2) is 3.95. The maximum absolute atomic E-state index is 13.4. The molecule has 0 bridgehead atoms. The number of aromatic nitrogens is 1. The van der Waals surface area contributed by atoms with E-state index < -0.39 is 0 Å². The van der Waals surface area contributed by atoms with Crippen LogP contribution in [0.4, 0.5) is 4.39 Å². The fourth-order valence-corrected chi connectivity index (χ4v) is 2.50. The Bertz CT molecular complexity index is 758. The van der Waals surface area contributed by atoms with Gasteiger partial charge in [0.15, 0.2) is 0 Å². The van der Waals surface area contributed by atoms with E-state index in [4.69, 9.17) is 0 Å². The van der Waals surface area contributed by atoms with Gasteiger partial charge >= 0.3 is 0 Å². The van der Waals surface area contributed by atoms with Crippen molar-refractivity contribution in [1.82, 2.24) is 4.57 Å². The highest BCUT2D eigenvalue weighted by Gasteiger charge is 2.10. The predicted octanol–water partition coefficient (Wildman–Crippen LogP) is 3.77. The first-order valence-corrected chi connectivity index (χ1v) is 5.91. The molecular formula is C15H12FNO. The highest BCUT2D eigenvalue weighted by Crippen LogP contribution is 2.30. The van der Waals surface area contributed by atoms with Gasteiger partial charge in [-0.25, -0.2) is 4.39 Å². The third-order valence-electron chi connectivity index (χ3n) is 3.30. The summed E-state index contributed by atoms with van der Waals surface area (Å²) in [5.41, 5.74) is 2.54. The number of nitrogens with zero attached hydrogens (tertiary/aromatic N) is 1. The van der Waals surface area contributed by atoms with Crippen LogP contribution in [0, 0.1) is 5.82 Å². The summed E-state index contributed by atoms with van der Waals surface area (Å²) in [7, 11) is 0. The van der Waals surface area contributed by atoms with Crippen molar-refractivity contribution in [3.8, 4) is 0 Å². The Morgan fingerprint density at radius 2 is 1.94 bits per heavy atom. The number of aryl methyl sites for hydroxylation is 1. The number of rotatable bonds is 2. The minimum absolute atomic E-state index is 0.240. The minimum atomic E-state index is -0.240. The molecule has 2 nitrogen and oxygen atoms in total. The molecular weight excluding hydrogens is 229 g/mol. The Labute approximate surface area is 104 Å². The molecule has 0 unspecified atom stereocenters. The average Bonchev–Trinajstić information content (AvgIpc) is 2.70.